The van der Waals surface area contributed by atoms with Crippen LogP contribution in [0.2, 0.25) is 0 Å². The van der Waals surface area contributed by atoms with Gasteiger partial charge in [-0.15, -0.1) is 0 Å². The van der Waals surface area contributed by atoms with Crippen molar-refractivity contribution in [2.75, 3.05) is 12.0 Å². The Kier molecular flexibility index (Phi) is 5.48. The second-order valence-corrected chi connectivity index (χ2v) is 7.50. The van der Waals surface area contributed by atoms with Gasteiger partial charge in [0.05, 0.1) is 18.1 Å². The maximum atomic E-state index is 12.2. The summed E-state index contributed by atoms with van der Waals surface area (Å²) in [5.74, 6) is -1.55. The van der Waals surface area contributed by atoms with E-state index in [0.29, 0.717) is 11.3 Å². The summed E-state index contributed by atoms with van der Waals surface area (Å²) in [5.41, 5.74) is 10.9. The number of amides is 1. The van der Waals surface area contributed by atoms with Gasteiger partial charge in [0.15, 0.2) is 5.96 Å². The number of hydrogen-bond donors (Lipinski definition) is 4. The van der Waals surface area contributed by atoms with Gasteiger partial charge >= 0.3 is 5.97 Å². The van der Waals surface area contributed by atoms with Crippen molar-refractivity contribution < 1.29 is 19.8 Å². The lowest BCUT2D eigenvalue weighted by molar-refractivity contribution is -0.156. The van der Waals surface area contributed by atoms with E-state index in [1.807, 2.05) is 6.26 Å². The molecule has 23 heavy (non-hydrogen) atoms. The highest BCUT2D eigenvalue weighted by atomic mass is 32.2. The molecule has 1 unspecified atom stereocenters. The SMILES string of the molecule is CSCC[C@@H](N=C(N)N)C1=C(C(=O)O)N2C(=O)[C@H](C(C)O)[C@H]2S1. The third-order valence-corrected chi connectivity index (χ3v) is 5.84. The Morgan fingerprint density at radius 2 is 2.17 bits per heavy atom. The molecule has 2 heterocycles. The molecule has 0 aromatic rings. The maximum absolute atomic E-state index is 12.2. The smallest absolute Gasteiger partial charge is 0.353 e. The van der Waals surface area contributed by atoms with Crippen molar-refractivity contribution in [2.24, 2.45) is 22.4 Å². The Morgan fingerprint density at radius 1 is 1.52 bits per heavy atom. The number of aliphatic carboxylic acids is 1. The largest absolute Gasteiger partial charge is 0.477 e. The van der Waals surface area contributed by atoms with Gasteiger partial charge in [-0.3, -0.25) is 9.69 Å². The summed E-state index contributed by atoms with van der Waals surface area (Å²) in [7, 11) is 0. The Hall–Kier alpha value is -1.39. The van der Waals surface area contributed by atoms with Crippen molar-refractivity contribution >= 4 is 41.4 Å². The molecule has 0 spiro atoms. The highest BCUT2D eigenvalue weighted by Gasteiger charge is 2.58. The highest BCUT2D eigenvalue weighted by molar-refractivity contribution is 8.04. The molecule has 0 bridgehead atoms. The average Bonchev–Trinajstić information content (AvgIpc) is 2.77. The van der Waals surface area contributed by atoms with Crippen LogP contribution in [0.1, 0.15) is 13.3 Å². The van der Waals surface area contributed by atoms with Crippen LogP contribution in [-0.4, -0.2) is 62.5 Å². The molecule has 2 aliphatic heterocycles. The molecule has 2 aliphatic rings. The van der Waals surface area contributed by atoms with E-state index in [4.69, 9.17) is 11.5 Å². The summed E-state index contributed by atoms with van der Waals surface area (Å²) in [4.78, 5) is 29.7. The number of aliphatic imine (C=N–C) groups is 1. The molecule has 6 N–H and O–H groups in total. The standard InChI is InChI=1S/C13H20N4O4S2/c1-5(18)7-10(19)17-8(12(20)21)9(23-11(7)17)6(3-4-22-2)16-13(14)15/h5-7,11,18H,3-4H2,1-2H3,(H,20,21)(H4,14,15,16)/t5?,6-,7+,11-/m1/s1. The first-order valence-electron chi connectivity index (χ1n) is 7.02. The number of nitrogens with two attached hydrogens (primary N) is 2. The van der Waals surface area contributed by atoms with Gasteiger partial charge in [0, 0.05) is 4.91 Å². The predicted octanol–water partition coefficient (Wildman–Crippen LogP) is -0.410. The molecule has 128 valence electrons. The molecule has 0 radical (unpaired) electrons. The van der Waals surface area contributed by atoms with Crippen molar-refractivity contribution in [3.63, 3.8) is 0 Å². The Labute approximate surface area is 142 Å². The van der Waals surface area contributed by atoms with Crippen molar-refractivity contribution in [1.29, 1.82) is 0 Å². The van der Waals surface area contributed by atoms with E-state index < -0.39 is 29.4 Å². The third kappa shape index (κ3) is 3.29. The first-order valence-corrected chi connectivity index (χ1v) is 9.29. The van der Waals surface area contributed by atoms with Crippen LogP contribution in [0.5, 0.6) is 0 Å². The van der Waals surface area contributed by atoms with Gasteiger partial charge in [-0.1, -0.05) is 11.8 Å². The minimum absolute atomic E-state index is 0.0713. The molecular weight excluding hydrogens is 340 g/mol. The van der Waals surface area contributed by atoms with Crippen LogP contribution >= 0.6 is 23.5 Å². The van der Waals surface area contributed by atoms with Gasteiger partial charge in [-0.25, -0.2) is 9.79 Å². The minimum atomic E-state index is -1.19. The number of fused-ring (bicyclic) bond motifs is 1. The predicted molar refractivity (Wildman–Crippen MR) is 90.7 cm³/mol. The molecule has 8 nitrogen and oxygen atoms in total. The van der Waals surface area contributed by atoms with Crippen LogP contribution in [0.15, 0.2) is 15.6 Å². The quantitative estimate of drug-likeness (QED) is 0.273. The number of carbonyl (C=O) groups excluding carboxylic acids is 1. The lowest BCUT2D eigenvalue weighted by atomic mass is 9.92. The monoisotopic (exact) mass is 360 g/mol. The van der Waals surface area contributed by atoms with Gasteiger partial charge in [0.25, 0.3) is 0 Å². The number of thioether (sulfide) groups is 2. The molecule has 1 amide bonds. The summed E-state index contributed by atoms with van der Waals surface area (Å²) in [6, 6.07) is -0.503. The summed E-state index contributed by atoms with van der Waals surface area (Å²) >= 11 is 2.85. The molecule has 0 saturated carbocycles. The number of carboxylic acids is 1. The lowest BCUT2D eigenvalue weighted by Gasteiger charge is -2.43. The molecule has 0 aromatic heterocycles. The number of hydrogen-bond acceptors (Lipinski definition) is 6. The van der Waals surface area contributed by atoms with Gasteiger partial charge < -0.3 is 21.7 Å². The average molecular weight is 360 g/mol. The first kappa shape index (κ1) is 18.0. The zero-order chi connectivity index (χ0) is 17.3. The van der Waals surface area contributed by atoms with Crippen LogP contribution in [0.3, 0.4) is 0 Å². The summed E-state index contributed by atoms with van der Waals surface area (Å²) in [5, 5.41) is 18.8. The summed E-state index contributed by atoms with van der Waals surface area (Å²) < 4.78 is 0. The fourth-order valence-corrected chi connectivity index (χ4v) is 4.86. The van der Waals surface area contributed by atoms with Gasteiger partial charge in [-0.2, -0.15) is 11.8 Å². The van der Waals surface area contributed by atoms with Gasteiger partial charge in [0.2, 0.25) is 5.91 Å². The number of guanidine groups is 1. The van der Waals surface area contributed by atoms with Crippen molar-refractivity contribution in [1.82, 2.24) is 4.90 Å². The van der Waals surface area contributed by atoms with Crippen LogP contribution in [0, 0.1) is 5.92 Å². The molecule has 1 saturated heterocycles. The molecule has 0 aromatic carbocycles. The zero-order valence-electron chi connectivity index (χ0n) is 12.8. The highest BCUT2D eigenvalue weighted by Crippen LogP contribution is 2.52. The molecule has 2 rings (SSSR count). The van der Waals surface area contributed by atoms with E-state index in [0.717, 1.165) is 5.75 Å². The van der Waals surface area contributed by atoms with Crippen molar-refractivity contribution in [3.8, 4) is 0 Å². The van der Waals surface area contributed by atoms with E-state index in [-0.39, 0.29) is 17.6 Å². The number of nitrogens with zero attached hydrogens (tertiary/aromatic N) is 2. The maximum Gasteiger partial charge on any atom is 0.353 e. The number of β-lactam (4-membered cyclic amide) rings is 1. The third-order valence-electron chi connectivity index (χ3n) is 3.73. The number of carbonyl (C=O) groups is 2. The molecule has 0 aliphatic carbocycles. The van der Waals surface area contributed by atoms with E-state index in [2.05, 4.69) is 4.99 Å². The second kappa shape index (κ2) is 7.02. The van der Waals surface area contributed by atoms with Gasteiger partial charge in [-0.05, 0) is 25.4 Å². The number of rotatable bonds is 7. The van der Waals surface area contributed by atoms with Crippen LogP contribution < -0.4 is 11.5 Å². The summed E-state index contributed by atoms with van der Waals surface area (Å²) in [6.07, 6.45) is 1.66. The molecular formula is C13H20N4O4S2. The van der Waals surface area contributed by atoms with Crippen molar-refractivity contribution in [2.45, 2.75) is 30.9 Å². The Bertz CT molecular complexity index is 574. The Balaban J connectivity index is 2.37. The normalized spacial score (nSPS) is 25.7. The number of aliphatic hydroxyl groups is 1. The van der Waals surface area contributed by atoms with E-state index in [1.54, 1.807) is 11.8 Å². The van der Waals surface area contributed by atoms with Crippen LogP contribution in [-0.2, 0) is 9.59 Å². The summed E-state index contributed by atoms with van der Waals surface area (Å²) in [6.45, 7) is 1.53. The number of carboxylic acid groups (broad SMARTS) is 1. The topological polar surface area (TPSA) is 142 Å². The fraction of sp³-hybridized carbons (Fsp3) is 0.615. The Morgan fingerprint density at radius 3 is 2.65 bits per heavy atom. The van der Waals surface area contributed by atoms with E-state index >= 15 is 0 Å². The van der Waals surface area contributed by atoms with Crippen LogP contribution in [0.25, 0.3) is 0 Å². The molecule has 4 atom stereocenters. The molecule has 10 heteroatoms. The van der Waals surface area contributed by atoms with E-state index in [1.165, 1.54) is 23.6 Å². The van der Waals surface area contributed by atoms with Crippen LogP contribution in [0.4, 0.5) is 0 Å². The van der Waals surface area contributed by atoms with E-state index in [9.17, 15) is 19.8 Å². The number of aliphatic hydroxyl groups excluding tert-OH is 1. The van der Waals surface area contributed by atoms with Crippen molar-refractivity contribution in [3.05, 3.63) is 10.6 Å². The fourth-order valence-electron chi connectivity index (χ4n) is 2.71. The zero-order valence-corrected chi connectivity index (χ0v) is 14.4. The first-order chi connectivity index (χ1) is 10.8. The lowest BCUT2D eigenvalue weighted by Crippen LogP contribution is -2.60. The minimum Gasteiger partial charge on any atom is -0.477 e. The molecule has 1 fully saturated rings. The second-order valence-electron chi connectivity index (χ2n) is 5.35. The van der Waals surface area contributed by atoms with Gasteiger partial charge in [0.1, 0.15) is 11.1 Å².